The Morgan fingerprint density at radius 2 is 2.33 bits per heavy atom. The summed E-state index contributed by atoms with van der Waals surface area (Å²) < 4.78 is 2.16. The molecule has 1 N–H and O–H groups in total. The Balaban J connectivity index is 2.19. The van der Waals surface area contributed by atoms with Crippen LogP contribution in [0.1, 0.15) is 16.7 Å². The van der Waals surface area contributed by atoms with Crippen LogP contribution in [0.5, 0.6) is 0 Å². The summed E-state index contributed by atoms with van der Waals surface area (Å²) in [4.78, 5) is 27.3. The molecule has 0 atom stereocenters. The first kappa shape index (κ1) is 13.0. The van der Waals surface area contributed by atoms with Gasteiger partial charge in [-0.15, -0.1) is 11.3 Å². The van der Waals surface area contributed by atoms with E-state index in [9.17, 15) is 9.59 Å². The summed E-state index contributed by atoms with van der Waals surface area (Å²) in [6, 6.07) is 3.01. The Bertz CT molecular complexity index is 635. The van der Waals surface area contributed by atoms with Gasteiger partial charge in [-0.05, 0) is 28.9 Å². The molecule has 0 aliphatic carbocycles. The van der Waals surface area contributed by atoms with Crippen molar-refractivity contribution in [2.75, 3.05) is 5.32 Å². The molecule has 2 aromatic rings. The number of nitrogens with one attached hydrogen (secondary N) is 1. The summed E-state index contributed by atoms with van der Waals surface area (Å²) in [5.41, 5.74) is 0.486. The van der Waals surface area contributed by atoms with Crippen LogP contribution in [0.15, 0.2) is 33.1 Å². The van der Waals surface area contributed by atoms with Gasteiger partial charge in [0.1, 0.15) is 4.60 Å². The van der Waals surface area contributed by atoms with E-state index in [4.69, 9.17) is 0 Å². The number of thiazole rings is 1. The van der Waals surface area contributed by atoms with E-state index in [1.807, 2.05) is 6.92 Å². The van der Waals surface area contributed by atoms with Crippen molar-refractivity contribution >= 4 is 38.9 Å². The summed E-state index contributed by atoms with van der Waals surface area (Å²) in [5, 5.41) is 4.81. The van der Waals surface area contributed by atoms with Gasteiger partial charge < -0.3 is 9.88 Å². The van der Waals surface area contributed by atoms with E-state index in [1.165, 1.54) is 22.0 Å². The minimum absolute atomic E-state index is 0.0903. The normalized spacial score (nSPS) is 10.3. The summed E-state index contributed by atoms with van der Waals surface area (Å²) in [6.07, 6.45) is 1.61. The first-order valence-electron chi connectivity index (χ1n) is 5.23. The Morgan fingerprint density at radius 1 is 1.56 bits per heavy atom. The third kappa shape index (κ3) is 2.85. The second-order valence-corrected chi connectivity index (χ2v) is 5.14. The van der Waals surface area contributed by atoms with Gasteiger partial charge in [-0.2, -0.15) is 0 Å². The van der Waals surface area contributed by atoms with Crippen LogP contribution in [0, 0.1) is 0 Å². The Hall–Kier alpha value is -1.47. The van der Waals surface area contributed by atoms with E-state index < -0.39 is 0 Å². The molecule has 0 aromatic carbocycles. The highest BCUT2D eigenvalue weighted by Crippen LogP contribution is 2.16. The van der Waals surface area contributed by atoms with E-state index in [-0.39, 0.29) is 11.5 Å². The van der Waals surface area contributed by atoms with Gasteiger partial charge in [0.25, 0.3) is 11.5 Å². The number of halogens is 1. The summed E-state index contributed by atoms with van der Waals surface area (Å²) in [5.74, 6) is -0.285. The Labute approximate surface area is 116 Å². The number of nitrogens with zero attached hydrogens (tertiary/aromatic N) is 2. The highest BCUT2D eigenvalue weighted by molar-refractivity contribution is 9.10. The number of pyridine rings is 1. The quantitative estimate of drug-likeness (QED) is 0.941. The molecule has 0 fully saturated rings. The highest BCUT2D eigenvalue weighted by Gasteiger charge is 2.10. The molecule has 0 unspecified atom stereocenters. The number of aryl methyl sites for hydroxylation is 1. The number of hydrogen-bond acceptors (Lipinski definition) is 4. The van der Waals surface area contributed by atoms with Gasteiger partial charge in [-0.25, -0.2) is 4.98 Å². The van der Waals surface area contributed by atoms with E-state index in [0.717, 1.165) is 0 Å². The summed E-state index contributed by atoms with van der Waals surface area (Å²) in [7, 11) is 0. The second kappa shape index (κ2) is 5.45. The lowest BCUT2D eigenvalue weighted by Crippen LogP contribution is -2.19. The fourth-order valence-corrected chi connectivity index (χ4v) is 2.54. The van der Waals surface area contributed by atoms with Crippen molar-refractivity contribution in [1.29, 1.82) is 0 Å². The number of hydrogen-bond donors (Lipinski definition) is 1. The second-order valence-electron chi connectivity index (χ2n) is 3.47. The van der Waals surface area contributed by atoms with Crippen LogP contribution in [0.4, 0.5) is 5.69 Å². The van der Waals surface area contributed by atoms with Crippen LogP contribution in [-0.2, 0) is 6.54 Å². The molecular weight excluding hydrogens is 318 g/mol. The molecule has 5 nitrogen and oxygen atoms in total. The smallest absolute Gasteiger partial charge is 0.284 e. The average molecular weight is 328 g/mol. The molecule has 1 amide bonds. The molecule has 2 aromatic heterocycles. The van der Waals surface area contributed by atoms with E-state index in [1.54, 1.807) is 17.6 Å². The minimum Gasteiger partial charge on any atom is -0.319 e. The lowest BCUT2D eigenvalue weighted by molar-refractivity contribution is 0.102. The number of carbonyl (C=O) groups is 1. The molecule has 0 aliphatic rings. The summed E-state index contributed by atoms with van der Waals surface area (Å²) >= 11 is 4.44. The van der Waals surface area contributed by atoms with Crippen molar-refractivity contribution in [3.05, 3.63) is 43.7 Å². The SMILES string of the molecule is CCn1cc(NC(=O)c2nc(Br)cs2)ccc1=O. The van der Waals surface area contributed by atoms with Crippen molar-refractivity contribution in [2.24, 2.45) is 0 Å². The van der Waals surface area contributed by atoms with E-state index >= 15 is 0 Å². The van der Waals surface area contributed by atoms with Gasteiger partial charge in [0.2, 0.25) is 0 Å². The fourth-order valence-electron chi connectivity index (χ4n) is 1.40. The van der Waals surface area contributed by atoms with Crippen molar-refractivity contribution in [3.63, 3.8) is 0 Å². The largest absolute Gasteiger partial charge is 0.319 e. The predicted octanol–water partition coefficient (Wildman–Crippen LogP) is 2.34. The standard InChI is InChI=1S/C11H10BrN3O2S/c1-2-15-5-7(3-4-9(15)16)13-10(17)11-14-8(12)6-18-11/h3-6H,2H2,1H3,(H,13,17). The van der Waals surface area contributed by atoms with Crippen molar-refractivity contribution in [1.82, 2.24) is 9.55 Å². The van der Waals surface area contributed by atoms with Crippen LogP contribution >= 0.6 is 27.3 Å². The fraction of sp³-hybridized carbons (Fsp3) is 0.182. The molecular formula is C11H10BrN3O2S. The van der Waals surface area contributed by atoms with Gasteiger partial charge >= 0.3 is 0 Å². The number of anilines is 1. The van der Waals surface area contributed by atoms with Gasteiger partial charge in [0, 0.05) is 24.2 Å². The first-order chi connectivity index (χ1) is 8.60. The molecule has 2 heterocycles. The maximum absolute atomic E-state index is 11.8. The predicted molar refractivity (Wildman–Crippen MR) is 74.1 cm³/mol. The minimum atomic E-state index is -0.285. The Kier molecular flexibility index (Phi) is 3.93. The van der Waals surface area contributed by atoms with Crippen molar-refractivity contribution in [2.45, 2.75) is 13.5 Å². The maximum atomic E-state index is 11.8. The molecule has 18 heavy (non-hydrogen) atoms. The first-order valence-corrected chi connectivity index (χ1v) is 6.90. The number of aromatic nitrogens is 2. The lowest BCUT2D eigenvalue weighted by atomic mass is 10.4. The van der Waals surface area contributed by atoms with Gasteiger partial charge in [-0.3, -0.25) is 9.59 Å². The molecule has 7 heteroatoms. The third-order valence-electron chi connectivity index (χ3n) is 2.25. The van der Waals surface area contributed by atoms with Gasteiger partial charge in [0.15, 0.2) is 5.01 Å². The van der Waals surface area contributed by atoms with E-state index in [2.05, 4.69) is 26.2 Å². The highest BCUT2D eigenvalue weighted by atomic mass is 79.9. The monoisotopic (exact) mass is 327 g/mol. The van der Waals surface area contributed by atoms with Crippen LogP contribution in [-0.4, -0.2) is 15.5 Å². The summed E-state index contributed by atoms with van der Waals surface area (Å²) in [6.45, 7) is 2.43. The molecule has 0 aliphatic heterocycles. The van der Waals surface area contributed by atoms with E-state index in [0.29, 0.717) is 21.8 Å². The van der Waals surface area contributed by atoms with Crippen LogP contribution in [0.3, 0.4) is 0 Å². The van der Waals surface area contributed by atoms with Crippen LogP contribution in [0.2, 0.25) is 0 Å². The molecule has 94 valence electrons. The lowest BCUT2D eigenvalue weighted by Gasteiger charge is -2.06. The van der Waals surface area contributed by atoms with Gasteiger partial charge in [0.05, 0.1) is 5.69 Å². The third-order valence-corrected chi connectivity index (χ3v) is 3.80. The molecule has 2 rings (SSSR count). The molecule has 0 spiro atoms. The molecule has 0 radical (unpaired) electrons. The van der Waals surface area contributed by atoms with Crippen LogP contribution < -0.4 is 10.9 Å². The van der Waals surface area contributed by atoms with Crippen molar-refractivity contribution in [3.8, 4) is 0 Å². The molecule has 0 bridgehead atoms. The number of carbonyl (C=O) groups excluding carboxylic acids is 1. The zero-order chi connectivity index (χ0) is 13.1. The zero-order valence-corrected chi connectivity index (χ0v) is 11.9. The van der Waals surface area contributed by atoms with Gasteiger partial charge in [-0.1, -0.05) is 0 Å². The maximum Gasteiger partial charge on any atom is 0.284 e. The molecule has 0 saturated heterocycles. The average Bonchev–Trinajstić information content (AvgIpc) is 2.78. The number of amides is 1. The Morgan fingerprint density at radius 3 is 2.94 bits per heavy atom. The topological polar surface area (TPSA) is 64.0 Å². The van der Waals surface area contributed by atoms with Crippen LogP contribution in [0.25, 0.3) is 0 Å². The van der Waals surface area contributed by atoms with Crippen molar-refractivity contribution < 1.29 is 4.79 Å². The number of rotatable bonds is 3. The molecule has 0 saturated carbocycles. The zero-order valence-electron chi connectivity index (χ0n) is 9.51.